The Hall–Kier alpha value is -1.41. The average molecular weight is 388 g/mol. The van der Waals surface area contributed by atoms with Crippen LogP contribution >= 0.6 is 0 Å². The summed E-state index contributed by atoms with van der Waals surface area (Å²) < 4.78 is 31.5. The standard InChI is InChI=1S/C18H33N3O4S/c1-5-6-7-8-9-10-11-26(23,24)21(13-15(2)3)14-18(22)19-17-12-16(4)25-20-17/h12,15H,5-11,13-14H2,1-4H3,(H,19,20,22). The summed E-state index contributed by atoms with van der Waals surface area (Å²) in [6.45, 7) is 7.86. The first kappa shape index (κ1) is 22.6. The molecule has 1 aromatic heterocycles. The fraction of sp³-hybridized carbons (Fsp3) is 0.778. The van der Waals surface area contributed by atoms with Gasteiger partial charge >= 0.3 is 0 Å². The van der Waals surface area contributed by atoms with E-state index in [-0.39, 0.29) is 18.2 Å². The summed E-state index contributed by atoms with van der Waals surface area (Å²) in [6.07, 6.45) is 6.09. The molecule has 1 heterocycles. The van der Waals surface area contributed by atoms with Crippen molar-refractivity contribution in [3.8, 4) is 0 Å². The predicted octanol–water partition coefficient (Wildman–Crippen LogP) is 3.57. The van der Waals surface area contributed by atoms with E-state index in [9.17, 15) is 13.2 Å². The molecule has 0 bridgehead atoms. The summed E-state index contributed by atoms with van der Waals surface area (Å²) in [5, 5.41) is 6.28. The van der Waals surface area contributed by atoms with Crippen LogP contribution in [0.3, 0.4) is 0 Å². The number of rotatable bonds is 13. The first-order valence-electron chi connectivity index (χ1n) is 9.45. The van der Waals surface area contributed by atoms with Gasteiger partial charge in [-0.3, -0.25) is 4.79 Å². The van der Waals surface area contributed by atoms with Gasteiger partial charge < -0.3 is 9.84 Å². The highest BCUT2D eigenvalue weighted by molar-refractivity contribution is 7.89. The van der Waals surface area contributed by atoms with E-state index in [1.165, 1.54) is 17.1 Å². The number of unbranched alkanes of at least 4 members (excludes halogenated alkanes) is 5. The van der Waals surface area contributed by atoms with Crippen molar-refractivity contribution >= 4 is 21.7 Å². The van der Waals surface area contributed by atoms with Crippen molar-refractivity contribution in [2.45, 2.75) is 66.2 Å². The number of hydrogen-bond acceptors (Lipinski definition) is 5. The largest absolute Gasteiger partial charge is 0.360 e. The van der Waals surface area contributed by atoms with Crippen LogP contribution in [0.15, 0.2) is 10.6 Å². The number of aryl methyl sites for hydroxylation is 1. The number of nitrogens with one attached hydrogen (secondary N) is 1. The third kappa shape index (κ3) is 8.80. The lowest BCUT2D eigenvalue weighted by Gasteiger charge is -2.23. The highest BCUT2D eigenvalue weighted by Crippen LogP contribution is 2.12. The number of hydrogen-bond donors (Lipinski definition) is 1. The smallest absolute Gasteiger partial charge is 0.240 e. The Morgan fingerprint density at radius 3 is 2.46 bits per heavy atom. The number of anilines is 1. The molecule has 0 fully saturated rings. The Bertz CT molecular complexity index is 641. The summed E-state index contributed by atoms with van der Waals surface area (Å²) in [6, 6.07) is 1.59. The van der Waals surface area contributed by atoms with Crippen molar-refractivity contribution in [2.24, 2.45) is 5.92 Å². The SMILES string of the molecule is CCCCCCCCS(=O)(=O)N(CC(=O)Nc1cc(C)on1)CC(C)C. The Morgan fingerprint density at radius 2 is 1.88 bits per heavy atom. The van der Waals surface area contributed by atoms with Gasteiger partial charge in [0.15, 0.2) is 5.82 Å². The minimum absolute atomic E-state index is 0.0855. The van der Waals surface area contributed by atoms with E-state index in [2.05, 4.69) is 17.4 Å². The van der Waals surface area contributed by atoms with Crippen LogP contribution in [0.5, 0.6) is 0 Å². The van der Waals surface area contributed by atoms with Crippen LogP contribution < -0.4 is 5.32 Å². The summed E-state index contributed by atoms with van der Waals surface area (Å²) in [5.41, 5.74) is 0. The number of carbonyl (C=O) groups is 1. The van der Waals surface area contributed by atoms with Gasteiger partial charge in [-0.25, -0.2) is 8.42 Å². The molecule has 0 aliphatic heterocycles. The Kier molecular flexibility index (Phi) is 9.87. The molecular weight excluding hydrogens is 354 g/mol. The Morgan fingerprint density at radius 1 is 1.23 bits per heavy atom. The molecule has 26 heavy (non-hydrogen) atoms. The van der Waals surface area contributed by atoms with Crippen molar-refractivity contribution in [2.75, 3.05) is 24.2 Å². The van der Waals surface area contributed by atoms with Gasteiger partial charge in [0.05, 0.1) is 12.3 Å². The van der Waals surface area contributed by atoms with E-state index < -0.39 is 15.9 Å². The van der Waals surface area contributed by atoms with Crippen molar-refractivity contribution in [1.29, 1.82) is 0 Å². The molecule has 0 radical (unpaired) electrons. The number of aromatic nitrogens is 1. The molecule has 0 atom stereocenters. The zero-order valence-electron chi connectivity index (χ0n) is 16.5. The molecule has 1 amide bonds. The Balaban J connectivity index is 2.58. The fourth-order valence-corrected chi connectivity index (χ4v) is 4.31. The Labute approximate surface area is 157 Å². The first-order valence-corrected chi connectivity index (χ1v) is 11.1. The maximum Gasteiger partial charge on any atom is 0.240 e. The van der Waals surface area contributed by atoms with Gasteiger partial charge in [-0.15, -0.1) is 0 Å². The van der Waals surface area contributed by atoms with Crippen molar-refractivity contribution in [3.63, 3.8) is 0 Å². The van der Waals surface area contributed by atoms with E-state index in [1.807, 2.05) is 13.8 Å². The highest BCUT2D eigenvalue weighted by atomic mass is 32.2. The zero-order chi connectivity index (χ0) is 19.6. The maximum absolute atomic E-state index is 12.7. The van der Waals surface area contributed by atoms with Gasteiger partial charge in [0.1, 0.15) is 5.76 Å². The minimum Gasteiger partial charge on any atom is -0.360 e. The lowest BCUT2D eigenvalue weighted by Crippen LogP contribution is -2.41. The highest BCUT2D eigenvalue weighted by Gasteiger charge is 2.25. The van der Waals surface area contributed by atoms with Crippen LogP contribution in [0, 0.1) is 12.8 Å². The van der Waals surface area contributed by atoms with Gasteiger partial charge in [0.2, 0.25) is 15.9 Å². The van der Waals surface area contributed by atoms with Crippen LogP contribution in [0.25, 0.3) is 0 Å². The lowest BCUT2D eigenvalue weighted by atomic mass is 10.1. The van der Waals surface area contributed by atoms with E-state index in [1.54, 1.807) is 13.0 Å². The third-order valence-corrected chi connectivity index (χ3v) is 5.80. The van der Waals surface area contributed by atoms with Crippen molar-refractivity contribution in [3.05, 3.63) is 11.8 Å². The number of sulfonamides is 1. The van der Waals surface area contributed by atoms with Gasteiger partial charge in [-0.2, -0.15) is 4.31 Å². The summed E-state index contributed by atoms with van der Waals surface area (Å²) in [7, 11) is -3.46. The number of amides is 1. The first-order chi connectivity index (χ1) is 12.2. The molecule has 1 aromatic rings. The molecule has 0 saturated heterocycles. The van der Waals surface area contributed by atoms with Crippen LogP contribution in [0.4, 0.5) is 5.82 Å². The molecule has 0 saturated carbocycles. The molecule has 0 unspecified atom stereocenters. The maximum atomic E-state index is 12.7. The molecule has 1 N–H and O–H groups in total. The molecule has 1 rings (SSSR count). The summed E-state index contributed by atoms with van der Waals surface area (Å²) >= 11 is 0. The van der Waals surface area contributed by atoms with E-state index in [0.717, 1.165) is 19.3 Å². The molecule has 0 aliphatic carbocycles. The number of nitrogens with zero attached hydrogens (tertiary/aromatic N) is 2. The van der Waals surface area contributed by atoms with E-state index in [4.69, 9.17) is 4.52 Å². The monoisotopic (exact) mass is 387 g/mol. The second kappa shape index (κ2) is 11.3. The average Bonchev–Trinajstić information content (AvgIpc) is 2.94. The van der Waals surface area contributed by atoms with Crippen molar-refractivity contribution in [1.82, 2.24) is 9.46 Å². The molecule has 7 nitrogen and oxygen atoms in total. The molecule has 150 valence electrons. The van der Waals surface area contributed by atoms with Crippen LogP contribution in [-0.2, 0) is 14.8 Å². The van der Waals surface area contributed by atoms with Crippen LogP contribution in [-0.4, -0.2) is 42.6 Å². The zero-order valence-corrected chi connectivity index (χ0v) is 17.3. The van der Waals surface area contributed by atoms with E-state index in [0.29, 0.717) is 24.5 Å². The number of carbonyl (C=O) groups excluding carboxylic acids is 1. The molecule has 0 aliphatic rings. The predicted molar refractivity (Wildman–Crippen MR) is 103 cm³/mol. The quantitative estimate of drug-likeness (QED) is 0.522. The lowest BCUT2D eigenvalue weighted by molar-refractivity contribution is -0.116. The second-order valence-electron chi connectivity index (χ2n) is 7.14. The van der Waals surface area contributed by atoms with Gasteiger partial charge in [0, 0.05) is 12.6 Å². The summed E-state index contributed by atoms with van der Waals surface area (Å²) in [4.78, 5) is 12.2. The van der Waals surface area contributed by atoms with Gasteiger partial charge in [-0.1, -0.05) is 58.0 Å². The summed E-state index contributed by atoms with van der Waals surface area (Å²) in [5.74, 6) is 0.685. The van der Waals surface area contributed by atoms with Crippen LogP contribution in [0.1, 0.15) is 65.1 Å². The second-order valence-corrected chi connectivity index (χ2v) is 9.23. The van der Waals surface area contributed by atoms with Gasteiger partial charge in [-0.05, 0) is 19.3 Å². The third-order valence-electron chi connectivity index (χ3n) is 3.93. The minimum atomic E-state index is -3.46. The normalized spacial score (nSPS) is 12.1. The molecule has 8 heteroatoms. The van der Waals surface area contributed by atoms with E-state index >= 15 is 0 Å². The fourth-order valence-electron chi connectivity index (χ4n) is 2.65. The topological polar surface area (TPSA) is 92.5 Å². The van der Waals surface area contributed by atoms with Crippen LogP contribution in [0.2, 0.25) is 0 Å². The van der Waals surface area contributed by atoms with Gasteiger partial charge in [0.25, 0.3) is 0 Å². The van der Waals surface area contributed by atoms with Crippen molar-refractivity contribution < 1.29 is 17.7 Å². The molecule has 0 spiro atoms. The molecular formula is C18H33N3O4S. The molecule has 0 aromatic carbocycles.